The van der Waals surface area contributed by atoms with Gasteiger partial charge >= 0.3 is 12.1 Å². The third kappa shape index (κ3) is 9.47. The Morgan fingerprint density at radius 2 is 1.82 bits per heavy atom. The predicted octanol–water partition coefficient (Wildman–Crippen LogP) is 8.16. The van der Waals surface area contributed by atoms with E-state index in [1.165, 1.54) is 0 Å². The molecule has 1 saturated heterocycles. The summed E-state index contributed by atoms with van der Waals surface area (Å²) in [5.74, 6) is 0.477. The van der Waals surface area contributed by atoms with Crippen LogP contribution in [0.4, 0.5) is 15.3 Å². The monoisotopic (exact) mass is 712 g/mol. The lowest BCUT2D eigenvalue weighted by Crippen LogP contribution is -2.51. The Kier molecular flexibility index (Phi) is 10.7. The molecule has 0 spiro atoms. The van der Waals surface area contributed by atoms with Crippen LogP contribution in [-0.2, 0) is 29.2 Å². The molecule has 1 fully saturated rings. The van der Waals surface area contributed by atoms with E-state index in [2.05, 4.69) is 44.0 Å². The fraction of sp³-hybridized carbons (Fsp3) is 0.487. The first-order chi connectivity index (χ1) is 24.2. The van der Waals surface area contributed by atoms with Crippen LogP contribution < -0.4 is 10.1 Å². The van der Waals surface area contributed by atoms with Crippen LogP contribution in [0.1, 0.15) is 62.1 Å². The van der Waals surface area contributed by atoms with Gasteiger partial charge in [0.25, 0.3) is 0 Å². The number of urea groups is 1. The summed E-state index contributed by atoms with van der Waals surface area (Å²) < 4.78 is 20.2. The molecule has 2 aliphatic rings. The number of piperidine rings is 1. The standard InChI is InChI=1S/C39H52N6O5Si/c1-27-21-28(22-30-24-44(42-36(27)30)26-48-19-20-51(5,6)7)23-34(33-13-10-14-35(40-33)50-39(2,3)4)49-38(47)43-17-15-31(16-18-43)45-25-29-11-8-9-12-32(29)41-37(45)46/h8-14,21-22,24,31,34H,15-20,23,25-26H2,1-7H3,(H,41,46). The Morgan fingerprint density at radius 1 is 1.06 bits per heavy atom. The average Bonchev–Trinajstić information content (AvgIpc) is 3.48. The lowest BCUT2D eigenvalue weighted by molar-refractivity contribution is 0.0455. The van der Waals surface area contributed by atoms with E-state index in [9.17, 15) is 9.59 Å². The number of anilines is 1. The third-order valence-electron chi connectivity index (χ3n) is 9.30. The van der Waals surface area contributed by atoms with Crippen molar-refractivity contribution >= 4 is 36.8 Å². The number of benzene rings is 2. The Balaban J connectivity index is 1.16. The van der Waals surface area contributed by atoms with Gasteiger partial charge in [0.1, 0.15) is 18.4 Å². The number of ether oxygens (including phenoxy) is 3. The molecule has 11 nitrogen and oxygen atoms in total. The van der Waals surface area contributed by atoms with Gasteiger partial charge in [-0.3, -0.25) is 0 Å². The lowest BCUT2D eigenvalue weighted by Gasteiger charge is -2.40. The Bertz CT molecular complexity index is 1860. The molecule has 0 saturated carbocycles. The normalized spacial score (nSPS) is 16.2. The van der Waals surface area contributed by atoms with E-state index in [0.717, 1.165) is 45.9 Å². The molecule has 51 heavy (non-hydrogen) atoms. The van der Waals surface area contributed by atoms with Gasteiger partial charge in [-0.1, -0.05) is 50.0 Å². The Hall–Kier alpha value is -4.42. The van der Waals surface area contributed by atoms with Crippen LogP contribution in [0.15, 0.2) is 60.8 Å². The number of hydrogen-bond donors (Lipinski definition) is 1. The molecule has 2 aromatic carbocycles. The number of amides is 3. The van der Waals surface area contributed by atoms with Crippen LogP contribution >= 0.6 is 0 Å². The molecule has 0 bridgehead atoms. The molecule has 272 valence electrons. The maximum absolute atomic E-state index is 13.8. The Morgan fingerprint density at radius 3 is 2.57 bits per heavy atom. The van der Waals surface area contributed by atoms with Gasteiger partial charge < -0.3 is 29.3 Å². The largest absolute Gasteiger partial charge is 0.472 e. The fourth-order valence-electron chi connectivity index (χ4n) is 6.63. The van der Waals surface area contributed by atoms with E-state index in [-0.39, 0.29) is 12.1 Å². The fourth-order valence-corrected chi connectivity index (χ4v) is 7.39. The number of nitrogens with one attached hydrogen (secondary N) is 1. The molecule has 0 radical (unpaired) electrons. The quantitative estimate of drug-likeness (QED) is 0.123. The van der Waals surface area contributed by atoms with Gasteiger partial charge in [-0.05, 0) is 81.5 Å². The third-order valence-corrected chi connectivity index (χ3v) is 11.0. The van der Waals surface area contributed by atoms with Gasteiger partial charge in [0, 0.05) is 70.1 Å². The summed E-state index contributed by atoms with van der Waals surface area (Å²) >= 11 is 0. The van der Waals surface area contributed by atoms with Crippen LogP contribution in [-0.4, -0.2) is 76.1 Å². The molecule has 12 heteroatoms. The molecule has 2 aliphatic heterocycles. The summed E-state index contributed by atoms with van der Waals surface area (Å²) in [4.78, 5) is 35.2. The van der Waals surface area contributed by atoms with Gasteiger partial charge in [0.05, 0.1) is 11.2 Å². The van der Waals surface area contributed by atoms with Crippen molar-refractivity contribution in [2.24, 2.45) is 0 Å². The second-order valence-corrected chi connectivity index (χ2v) is 21.6. The number of nitrogens with zero attached hydrogens (tertiary/aromatic N) is 5. The number of pyridine rings is 1. The van der Waals surface area contributed by atoms with Crippen LogP contribution in [0.5, 0.6) is 5.88 Å². The second-order valence-electron chi connectivity index (χ2n) is 16.0. The van der Waals surface area contributed by atoms with E-state index < -0.39 is 25.9 Å². The molecule has 6 rings (SSSR count). The van der Waals surface area contributed by atoms with Gasteiger partial charge in [-0.25, -0.2) is 19.3 Å². The molecular formula is C39H52N6O5Si. The second kappa shape index (κ2) is 15.0. The lowest BCUT2D eigenvalue weighted by atomic mass is 10.0. The summed E-state index contributed by atoms with van der Waals surface area (Å²) in [6, 6.07) is 18.7. The zero-order chi connectivity index (χ0) is 36.3. The van der Waals surface area contributed by atoms with Crippen molar-refractivity contribution in [2.45, 2.75) is 104 Å². The van der Waals surface area contributed by atoms with E-state index in [4.69, 9.17) is 24.3 Å². The first-order valence-electron chi connectivity index (χ1n) is 18.0. The molecule has 4 aromatic rings. The molecule has 1 N–H and O–H groups in total. The summed E-state index contributed by atoms with van der Waals surface area (Å²) in [6.45, 7) is 17.7. The number of carbonyl (C=O) groups is 2. The molecule has 1 atom stereocenters. The summed E-state index contributed by atoms with van der Waals surface area (Å²) in [7, 11) is -1.17. The van der Waals surface area contributed by atoms with Crippen LogP contribution in [0, 0.1) is 6.92 Å². The number of rotatable bonds is 11. The van der Waals surface area contributed by atoms with Crippen LogP contribution in [0.2, 0.25) is 25.7 Å². The van der Waals surface area contributed by atoms with Crippen molar-refractivity contribution in [3.8, 4) is 5.88 Å². The van der Waals surface area contributed by atoms with Gasteiger partial charge in [-0.2, -0.15) is 5.10 Å². The molecule has 0 aliphatic carbocycles. The van der Waals surface area contributed by atoms with Crippen molar-refractivity contribution in [1.29, 1.82) is 0 Å². The highest BCUT2D eigenvalue weighted by Gasteiger charge is 2.34. The predicted molar refractivity (Wildman–Crippen MR) is 202 cm³/mol. The number of fused-ring (bicyclic) bond motifs is 2. The minimum atomic E-state index is -1.17. The zero-order valence-electron chi connectivity index (χ0n) is 31.1. The number of likely N-dealkylation sites (tertiary alicyclic amines) is 1. The molecule has 2 aromatic heterocycles. The SMILES string of the molecule is Cc1cc(CC(OC(=O)N2CCC(N3Cc4ccccc4NC3=O)CC2)c2cccc(OC(C)(C)C)n2)cc2cn(COCC[Si](C)(C)C)nc12. The maximum Gasteiger partial charge on any atom is 0.410 e. The van der Waals surface area contributed by atoms with E-state index in [0.29, 0.717) is 57.2 Å². The average molecular weight is 713 g/mol. The zero-order valence-corrected chi connectivity index (χ0v) is 32.1. The van der Waals surface area contributed by atoms with Gasteiger partial charge in [0.15, 0.2) is 0 Å². The number of hydrogen-bond acceptors (Lipinski definition) is 7. The first kappa shape index (κ1) is 36.4. The highest BCUT2D eigenvalue weighted by molar-refractivity contribution is 6.76. The number of aryl methyl sites for hydroxylation is 1. The van der Waals surface area contributed by atoms with E-state index >= 15 is 0 Å². The molecular weight excluding hydrogens is 661 g/mol. The highest BCUT2D eigenvalue weighted by atomic mass is 28.3. The molecule has 1 unspecified atom stereocenters. The first-order valence-corrected chi connectivity index (χ1v) is 21.7. The number of para-hydroxylation sites is 1. The van der Waals surface area contributed by atoms with Crippen LogP contribution in [0.25, 0.3) is 10.9 Å². The van der Waals surface area contributed by atoms with Crippen LogP contribution in [0.3, 0.4) is 0 Å². The van der Waals surface area contributed by atoms with Crippen molar-refractivity contribution in [2.75, 3.05) is 25.0 Å². The topological polar surface area (TPSA) is 111 Å². The molecule has 3 amide bonds. The number of aromatic nitrogens is 3. The van der Waals surface area contributed by atoms with Gasteiger partial charge in [0.2, 0.25) is 5.88 Å². The van der Waals surface area contributed by atoms with Gasteiger partial charge in [-0.15, -0.1) is 0 Å². The molecule has 4 heterocycles. The van der Waals surface area contributed by atoms with Crippen molar-refractivity contribution in [1.82, 2.24) is 24.6 Å². The summed E-state index contributed by atoms with van der Waals surface area (Å²) in [6.07, 6.45) is 2.74. The van der Waals surface area contributed by atoms with Crippen molar-refractivity contribution < 1.29 is 23.8 Å². The van der Waals surface area contributed by atoms with Crippen molar-refractivity contribution in [3.05, 3.63) is 83.2 Å². The smallest absolute Gasteiger partial charge is 0.410 e. The number of carbonyl (C=O) groups excluding carboxylic acids is 2. The minimum Gasteiger partial charge on any atom is -0.472 e. The Labute approximate surface area is 302 Å². The summed E-state index contributed by atoms with van der Waals surface area (Å²) in [5.41, 5.74) is 5.12. The van der Waals surface area contributed by atoms with E-state index in [1.54, 1.807) is 4.90 Å². The van der Waals surface area contributed by atoms with Crippen molar-refractivity contribution in [3.63, 3.8) is 0 Å². The van der Waals surface area contributed by atoms with E-state index in [1.807, 2.05) is 79.0 Å². The minimum absolute atomic E-state index is 0.0347. The maximum atomic E-state index is 13.8. The highest BCUT2D eigenvalue weighted by Crippen LogP contribution is 2.31. The summed E-state index contributed by atoms with van der Waals surface area (Å²) in [5, 5.41) is 8.81.